The molecule has 2 aromatic rings. The zero-order chi connectivity index (χ0) is 16.6. The lowest BCUT2D eigenvalue weighted by atomic mass is 9.87. The van der Waals surface area contributed by atoms with E-state index in [0.29, 0.717) is 17.7 Å². The summed E-state index contributed by atoms with van der Waals surface area (Å²) in [4.78, 5) is 12.0. The molecule has 0 bridgehead atoms. The Labute approximate surface area is 135 Å². The first-order valence-corrected chi connectivity index (χ1v) is 8.84. The van der Waals surface area contributed by atoms with Crippen LogP contribution in [0.4, 0.5) is 5.69 Å². The van der Waals surface area contributed by atoms with Crippen LogP contribution in [0.25, 0.3) is 0 Å². The summed E-state index contributed by atoms with van der Waals surface area (Å²) in [5.41, 5.74) is 6.69. The van der Waals surface area contributed by atoms with E-state index in [-0.39, 0.29) is 10.9 Å². The number of carbonyl (C=O) groups excluding carboxylic acids is 1. The van der Waals surface area contributed by atoms with Gasteiger partial charge in [0.1, 0.15) is 0 Å². The number of hydrogen-bond donors (Lipinski definition) is 1. The fourth-order valence-electron chi connectivity index (χ4n) is 3.13. The van der Waals surface area contributed by atoms with Gasteiger partial charge in [0.05, 0.1) is 16.5 Å². The number of primary amides is 1. The molecule has 3 rings (SSSR count). The van der Waals surface area contributed by atoms with Gasteiger partial charge in [-0.1, -0.05) is 36.4 Å². The van der Waals surface area contributed by atoms with E-state index < -0.39 is 21.8 Å². The highest BCUT2D eigenvalue weighted by Crippen LogP contribution is 2.41. The van der Waals surface area contributed by atoms with E-state index in [9.17, 15) is 13.2 Å². The quantitative estimate of drug-likeness (QED) is 0.937. The van der Waals surface area contributed by atoms with Crippen molar-refractivity contribution in [3.63, 3.8) is 0 Å². The molecule has 2 aromatic carbocycles. The van der Waals surface area contributed by atoms with Crippen LogP contribution in [0.15, 0.2) is 59.5 Å². The van der Waals surface area contributed by atoms with Crippen LogP contribution in [-0.4, -0.2) is 20.4 Å². The van der Waals surface area contributed by atoms with Crippen LogP contribution in [0.5, 0.6) is 0 Å². The van der Waals surface area contributed by atoms with Crippen molar-refractivity contribution < 1.29 is 13.2 Å². The number of para-hydroxylation sites is 1. The van der Waals surface area contributed by atoms with E-state index in [1.165, 1.54) is 4.31 Å². The summed E-state index contributed by atoms with van der Waals surface area (Å²) < 4.78 is 27.5. The minimum absolute atomic E-state index is 0.235. The Morgan fingerprint density at radius 1 is 1.09 bits per heavy atom. The Morgan fingerprint density at radius 2 is 1.70 bits per heavy atom. The highest BCUT2D eigenvalue weighted by atomic mass is 32.2. The fraction of sp³-hybridized carbons (Fsp3) is 0.235. The van der Waals surface area contributed by atoms with Crippen molar-refractivity contribution in [1.82, 2.24) is 0 Å². The average Bonchev–Trinajstić information content (AvgIpc) is 2.54. The number of carbonyl (C=O) groups is 1. The number of hydrogen-bond acceptors (Lipinski definition) is 3. The third kappa shape index (κ3) is 2.59. The molecule has 6 heteroatoms. The van der Waals surface area contributed by atoms with Gasteiger partial charge in [-0.25, -0.2) is 8.42 Å². The molecule has 0 aliphatic carbocycles. The van der Waals surface area contributed by atoms with Crippen molar-refractivity contribution in [3.05, 3.63) is 60.2 Å². The molecule has 0 radical (unpaired) electrons. The zero-order valence-electron chi connectivity index (χ0n) is 12.7. The largest absolute Gasteiger partial charge is 0.369 e. The molecule has 2 N–H and O–H groups in total. The van der Waals surface area contributed by atoms with Gasteiger partial charge in [-0.15, -0.1) is 0 Å². The molecular weight excluding hydrogens is 312 g/mol. The maximum absolute atomic E-state index is 13.0. The lowest BCUT2D eigenvalue weighted by Crippen LogP contribution is -2.45. The molecule has 0 saturated carbocycles. The molecule has 0 unspecified atom stereocenters. The van der Waals surface area contributed by atoms with Crippen LogP contribution < -0.4 is 10.0 Å². The molecule has 1 aliphatic rings. The van der Waals surface area contributed by atoms with E-state index in [1.54, 1.807) is 61.5 Å². The van der Waals surface area contributed by atoms with Gasteiger partial charge in [-0.05, 0) is 37.1 Å². The highest BCUT2D eigenvalue weighted by Gasteiger charge is 2.39. The molecule has 5 nitrogen and oxygen atoms in total. The second-order valence-corrected chi connectivity index (χ2v) is 7.53. The van der Waals surface area contributed by atoms with Crippen LogP contribution in [0.1, 0.15) is 24.8 Å². The zero-order valence-corrected chi connectivity index (χ0v) is 13.5. The number of benzene rings is 2. The predicted molar refractivity (Wildman–Crippen MR) is 88.6 cm³/mol. The number of sulfonamides is 1. The molecule has 0 fully saturated rings. The summed E-state index contributed by atoms with van der Waals surface area (Å²) in [6, 6.07) is 15.0. The van der Waals surface area contributed by atoms with Gasteiger partial charge >= 0.3 is 0 Å². The summed E-state index contributed by atoms with van der Waals surface area (Å²) in [5.74, 6) is -0.899. The summed E-state index contributed by atoms with van der Waals surface area (Å²) in [5, 5.41) is 0. The van der Waals surface area contributed by atoms with Crippen molar-refractivity contribution in [2.24, 2.45) is 5.73 Å². The normalized spacial score (nSPS) is 20.8. The highest BCUT2D eigenvalue weighted by molar-refractivity contribution is 7.92. The summed E-state index contributed by atoms with van der Waals surface area (Å²) in [7, 11) is -3.69. The molecule has 1 heterocycles. The number of nitrogens with zero attached hydrogens (tertiary/aromatic N) is 1. The lowest BCUT2D eigenvalue weighted by molar-refractivity contribution is -0.119. The number of nitrogens with two attached hydrogens (primary N) is 1. The molecular formula is C17H18N2O3S. The lowest BCUT2D eigenvalue weighted by Gasteiger charge is -2.38. The van der Waals surface area contributed by atoms with Gasteiger partial charge in [-0.3, -0.25) is 9.10 Å². The summed E-state index contributed by atoms with van der Waals surface area (Å²) in [6.07, 6.45) is 0.373. The van der Waals surface area contributed by atoms with E-state index in [0.717, 1.165) is 0 Å². The van der Waals surface area contributed by atoms with E-state index in [2.05, 4.69) is 0 Å². The second-order valence-electron chi connectivity index (χ2n) is 5.71. The van der Waals surface area contributed by atoms with Crippen molar-refractivity contribution in [2.75, 3.05) is 4.31 Å². The van der Waals surface area contributed by atoms with Gasteiger partial charge < -0.3 is 5.73 Å². The molecule has 1 aliphatic heterocycles. The third-order valence-corrected chi connectivity index (χ3v) is 6.11. The van der Waals surface area contributed by atoms with Gasteiger partial charge in [0, 0.05) is 6.04 Å². The Bertz CT molecular complexity index is 834. The number of anilines is 1. The molecule has 0 aromatic heterocycles. The van der Waals surface area contributed by atoms with Crippen molar-refractivity contribution in [1.29, 1.82) is 0 Å². The maximum Gasteiger partial charge on any atom is 0.264 e. The first-order chi connectivity index (χ1) is 10.9. The maximum atomic E-state index is 13.0. The van der Waals surface area contributed by atoms with E-state index >= 15 is 0 Å². The predicted octanol–water partition coefficient (Wildman–Crippen LogP) is 2.24. The fourth-order valence-corrected chi connectivity index (χ4v) is 4.84. The topological polar surface area (TPSA) is 80.5 Å². The Balaban J connectivity index is 2.17. The molecule has 2 atom stereocenters. The number of amides is 1. The van der Waals surface area contributed by atoms with Crippen molar-refractivity contribution in [3.8, 4) is 0 Å². The monoisotopic (exact) mass is 330 g/mol. The minimum atomic E-state index is -3.69. The van der Waals surface area contributed by atoms with Crippen molar-refractivity contribution >= 4 is 21.6 Å². The second kappa shape index (κ2) is 5.70. The molecule has 0 spiro atoms. The van der Waals surface area contributed by atoms with Gasteiger partial charge in [0.2, 0.25) is 5.91 Å². The summed E-state index contributed by atoms with van der Waals surface area (Å²) >= 11 is 0. The summed E-state index contributed by atoms with van der Waals surface area (Å²) in [6.45, 7) is 1.80. The molecule has 23 heavy (non-hydrogen) atoms. The Morgan fingerprint density at radius 3 is 2.35 bits per heavy atom. The van der Waals surface area contributed by atoms with Gasteiger partial charge in [0.25, 0.3) is 10.0 Å². The van der Waals surface area contributed by atoms with Crippen LogP contribution in [0.2, 0.25) is 0 Å². The number of rotatable bonds is 3. The number of fused-ring (bicyclic) bond motifs is 1. The van der Waals surface area contributed by atoms with Gasteiger partial charge in [-0.2, -0.15) is 0 Å². The average molecular weight is 330 g/mol. The van der Waals surface area contributed by atoms with Crippen LogP contribution in [0.3, 0.4) is 0 Å². The van der Waals surface area contributed by atoms with Crippen LogP contribution in [-0.2, 0) is 14.8 Å². The van der Waals surface area contributed by atoms with E-state index in [4.69, 9.17) is 5.73 Å². The minimum Gasteiger partial charge on any atom is -0.369 e. The van der Waals surface area contributed by atoms with Gasteiger partial charge in [0.15, 0.2) is 0 Å². The Hall–Kier alpha value is -2.34. The third-order valence-electron chi connectivity index (χ3n) is 4.17. The first-order valence-electron chi connectivity index (χ1n) is 7.40. The standard InChI is InChI=1S/C17H18N2O3S/c1-12-11-15(17(18)20)14-9-5-6-10-16(14)19(12)23(21,22)13-7-3-2-4-8-13/h2-10,12,15H,11H2,1H3,(H2,18,20)/t12-,15-/m0/s1. The van der Waals surface area contributed by atoms with Crippen LogP contribution >= 0.6 is 0 Å². The first kappa shape index (κ1) is 15.6. The smallest absolute Gasteiger partial charge is 0.264 e. The van der Waals surface area contributed by atoms with Crippen molar-refractivity contribution in [2.45, 2.75) is 30.2 Å². The van der Waals surface area contributed by atoms with E-state index in [1.807, 2.05) is 0 Å². The SMILES string of the molecule is C[C@H]1C[C@H](C(N)=O)c2ccccc2N1S(=O)(=O)c1ccccc1. The molecule has 1 amide bonds. The molecule has 120 valence electrons. The van der Waals surface area contributed by atoms with Crippen LogP contribution in [0, 0.1) is 0 Å². The Kier molecular flexibility index (Phi) is 3.85. The molecule has 0 saturated heterocycles.